The zero-order valence-corrected chi connectivity index (χ0v) is 15.2. The first kappa shape index (κ1) is 17.7. The Bertz CT molecular complexity index is 1290. The Labute approximate surface area is 160 Å². The van der Waals surface area contributed by atoms with E-state index in [0.29, 0.717) is 21.9 Å². The Balaban J connectivity index is 1.57. The van der Waals surface area contributed by atoms with Gasteiger partial charge in [0.15, 0.2) is 10.7 Å². The number of carbonyl (C=O) groups excluding carboxylic acids is 1. The Morgan fingerprint density at radius 2 is 2.18 bits per heavy atom. The van der Waals surface area contributed by atoms with E-state index in [1.54, 1.807) is 19.2 Å². The fourth-order valence-corrected chi connectivity index (χ4v) is 3.62. The van der Waals surface area contributed by atoms with Crippen molar-refractivity contribution >= 4 is 49.4 Å². The van der Waals surface area contributed by atoms with Crippen molar-refractivity contribution in [2.24, 2.45) is 0 Å². The zero-order valence-electron chi connectivity index (χ0n) is 14.4. The Morgan fingerprint density at radius 1 is 1.36 bits per heavy atom. The standard InChI is InChI=1S/C17H12N4O6S/c1-26-10-3-4-11-14(7-10)28-16(18-11)19-15(22)8-20-12-5-2-9(21(24)25)6-13(12)27-17(20)23/h2-7H,8H2,1H3,(H,18,19,22). The van der Waals surface area contributed by atoms with Crippen LogP contribution in [0.3, 0.4) is 0 Å². The quantitative estimate of drug-likeness (QED) is 0.403. The third-order valence-electron chi connectivity index (χ3n) is 4.01. The number of nitrogens with zero attached hydrogens (tertiary/aromatic N) is 3. The van der Waals surface area contributed by atoms with Gasteiger partial charge >= 0.3 is 5.76 Å². The van der Waals surface area contributed by atoms with Crippen LogP contribution < -0.4 is 15.8 Å². The molecule has 0 bridgehead atoms. The predicted molar refractivity (Wildman–Crippen MR) is 102 cm³/mol. The average Bonchev–Trinajstić information content (AvgIpc) is 3.20. The molecule has 0 aliphatic rings. The summed E-state index contributed by atoms with van der Waals surface area (Å²) >= 11 is 1.27. The van der Waals surface area contributed by atoms with Crippen LogP contribution in [-0.2, 0) is 11.3 Å². The minimum Gasteiger partial charge on any atom is -0.497 e. The number of nitro benzene ring substituents is 1. The van der Waals surface area contributed by atoms with Crippen LogP contribution in [-0.4, -0.2) is 27.5 Å². The SMILES string of the molecule is COc1ccc2nc(NC(=O)Cn3c(=O)oc4cc([N+](=O)[O-])ccc43)sc2c1. The number of aromatic nitrogens is 2. The highest BCUT2D eigenvalue weighted by atomic mass is 32.1. The van der Waals surface area contributed by atoms with Gasteiger partial charge < -0.3 is 14.5 Å². The molecule has 0 saturated carbocycles. The number of non-ortho nitro benzene ring substituents is 1. The molecule has 1 amide bonds. The Kier molecular flexibility index (Phi) is 4.28. The van der Waals surface area contributed by atoms with Gasteiger partial charge in [-0.1, -0.05) is 11.3 Å². The van der Waals surface area contributed by atoms with Crippen molar-refractivity contribution in [3.8, 4) is 5.75 Å². The second-order valence-corrected chi connectivity index (χ2v) is 6.79. The van der Waals surface area contributed by atoms with Crippen LogP contribution in [0.5, 0.6) is 5.75 Å². The fraction of sp³-hybridized carbons (Fsp3) is 0.118. The van der Waals surface area contributed by atoms with E-state index in [9.17, 15) is 19.7 Å². The lowest BCUT2D eigenvalue weighted by Gasteiger charge is -2.02. The molecule has 0 saturated heterocycles. The highest BCUT2D eigenvalue weighted by Crippen LogP contribution is 2.29. The number of anilines is 1. The lowest BCUT2D eigenvalue weighted by atomic mass is 10.3. The van der Waals surface area contributed by atoms with E-state index < -0.39 is 16.6 Å². The molecule has 0 unspecified atom stereocenters. The van der Waals surface area contributed by atoms with Gasteiger partial charge in [-0.15, -0.1) is 0 Å². The zero-order chi connectivity index (χ0) is 19.8. The van der Waals surface area contributed by atoms with E-state index >= 15 is 0 Å². The first-order valence-electron chi connectivity index (χ1n) is 7.97. The normalized spacial score (nSPS) is 11.0. The van der Waals surface area contributed by atoms with Gasteiger partial charge in [0.2, 0.25) is 5.91 Å². The van der Waals surface area contributed by atoms with Crippen molar-refractivity contribution in [3.63, 3.8) is 0 Å². The van der Waals surface area contributed by atoms with Crippen molar-refractivity contribution < 1.29 is 18.9 Å². The summed E-state index contributed by atoms with van der Waals surface area (Å²) < 4.78 is 12.1. The molecule has 2 aromatic heterocycles. The minimum absolute atomic E-state index is 0.0408. The second kappa shape index (κ2) is 6.78. The van der Waals surface area contributed by atoms with Crippen LogP contribution in [0.2, 0.25) is 0 Å². The van der Waals surface area contributed by atoms with Gasteiger partial charge in [0, 0.05) is 6.07 Å². The van der Waals surface area contributed by atoms with Crippen LogP contribution >= 0.6 is 11.3 Å². The van der Waals surface area contributed by atoms with Gasteiger partial charge in [0.05, 0.1) is 33.8 Å². The van der Waals surface area contributed by atoms with Gasteiger partial charge in [-0.05, 0) is 24.3 Å². The summed E-state index contributed by atoms with van der Waals surface area (Å²) in [6, 6.07) is 9.11. The molecule has 0 radical (unpaired) electrons. The first-order valence-corrected chi connectivity index (χ1v) is 8.78. The maximum absolute atomic E-state index is 12.4. The Morgan fingerprint density at radius 3 is 2.93 bits per heavy atom. The number of methoxy groups -OCH3 is 1. The van der Waals surface area contributed by atoms with Gasteiger partial charge in [0.25, 0.3) is 5.69 Å². The Hall–Kier alpha value is -3.73. The number of carbonyl (C=O) groups is 1. The molecule has 0 aliphatic heterocycles. The summed E-state index contributed by atoms with van der Waals surface area (Å²) in [5, 5.41) is 13.9. The van der Waals surface area contributed by atoms with Gasteiger partial charge in [-0.2, -0.15) is 0 Å². The molecule has 0 spiro atoms. The van der Waals surface area contributed by atoms with E-state index in [4.69, 9.17) is 9.15 Å². The van der Waals surface area contributed by atoms with Gasteiger partial charge in [-0.3, -0.25) is 19.5 Å². The third-order valence-corrected chi connectivity index (χ3v) is 4.94. The average molecular weight is 400 g/mol. The molecular weight excluding hydrogens is 388 g/mol. The van der Waals surface area contributed by atoms with Crippen molar-refractivity contribution in [1.29, 1.82) is 0 Å². The number of ether oxygens (including phenoxy) is 1. The number of hydrogen-bond donors (Lipinski definition) is 1. The van der Waals surface area contributed by atoms with Crippen LogP contribution in [0.25, 0.3) is 21.3 Å². The highest BCUT2D eigenvalue weighted by Gasteiger charge is 2.17. The number of oxazole rings is 1. The topological polar surface area (TPSA) is 130 Å². The summed E-state index contributed by atoms with van der Waals surface area (Å²) in [7, 11) is 1.56. The molecule has 1 N–H and O–H groups in total. The van der Waals surface area contributed by atoms with Crippen LogP contribution in [0.15, 0.2) is 45.6 Å². The number of hydrogen-bond acceptors (Lipinski definition) is 8. The van der Waals surface area contributed by atoms with Gasteiger partial charge in [0.1, 0.15) is 12.3 Å². The van der Waals surface area contributed by atoms with Gasteiger partial charge in [-0.25, -0.2) is 9.78 Å². The molecule has 4 rings (SSSR count). The van der Waals surface area contributed by atoms with E-state index in [0.717, 1.165) is 15.3 Å². The number of thiazole rings is 1. The summed E-state index contributed by atoms with van der Waals surface area (Å²) in [5.41, 5.74) is 0.834. The summed E-state index contributed by atoms with van der Waals surface area (Å²) in [5.74, 6) is -0.576. The molecule has 11 heteroatoms. The smallest absolute Gasteiger partial charge is 0.420 e. The third kappa shape index (κ3) is 3.18. The van der Waals surface area contributed by atoms with E-state index in [1.807, 2.05) is 6.07 Å². The van der Waals surface area contributed by atoms with Crippen molar-refractivity contribution in [2.45, 2.75) is 6.54 Å². The molecular formula is C17H12N4O6S. The maximum Gasteiger partial charge on any atom is 0.420 e. The predicted octanol–water partition coefficient (Wildman–Crippen LogP) is 2.76. The molecule has 142 valence electrons. The van der Waals surface area contributed by atoms with E-state index in [-0.39, 0.29) is 17.8 Å². The number of fused-ring (bicyclic) bond motifs is 2. The molecule has 28 heavy (non-hydrogen) atoms. The maximum atomic E-state index is 12.4. The number of benzene rings is 2. The molecule has 2 aromatic carbocycles. The van der Waals surface area contributed by atoms with Crippen LogP contribution in [0.1, 0.15) is 0 Å². The molecule has 4 aromatic rings. The number of amides is 1. The first-order chi connectivity index (χ1) is 13.4. The summed E-state index contributed by atoms with van der Waals surface area (Å²) in [6.07, 6.45) is 0. The van der Waals surface area contributed by atoms with Crippen molar-refractivity contribution in [1.82, 2.24) is 9.55 Å². The minimum atomic E-state index is -0.778. The highest BCUT2D eigenvalue weighted by molar-refractivity contribution is 7.22. The molecule has 10 nitrogen and oxygen atoms in total. The monoisotopic (exact) mass is 400 g/mol. The fourth-order valence-electron chi connectivity index (χ4n) is 2.71. The lowest BCUT2D eigenvalue weighted by Crippen LogP contribution is -2.24. The van der Waals surface area contributed by atoms with Crippen LogP contribution in [0, 0.1) is 10.1 Å². The van der Waals surface area contributed by atoms with Crippen molar-refractivity contribution in [3.05, 3.63) is 57.1 Å². The molecule has 0 fully saturated rings. The van der Waals surface area contributed by atoms with Crippen LogP contribution in [0.4, 0.5) is 10.8 Å². The van der Waals surface area contributed by atoms with E-state index in [1.165, 1.54) is 23.5 Å². The molecule has 0 atom stereocenters. The number of nitrogens with one attached hydrogen (secondary N) is 1. The molecule has 0 aliphatic carbocycles. The lowest BCUT2D eigenvalue weighted by molar-refractivity contribution is -0.384. The summed E-state index contributed by atoms with van der Waals surface area (Å²) in [4.78, 5) is 39.0. The van der Waals surface area contributed by atoms with Crippen molar-refractivity contribution in [2.75, 3.05) is 12.4 Å². The molecule has 2 heterocycles. The largest absolute Gasteiger partial charge is 0.497 e. The number of rotatable bonds is 5. The second-order valence-electron chi connectivity index (χ2n) is 5.76. The summed E-state index contributed by atoms with van der Waals surface area (Å²) in [6.45, 7) is -0.317. The van der Waals surface area contributed by atoms with E-state index in [2.05, 4.69) is 10.3 Å². The number of nitro groups is 1.